The summed E-state index contributed by atoms with van der Waals surface area (Å²) in [5.74, 6) is 1.38. The van der Waals surface area contributed by atoms with Gasteiger partial charge >= 0.3 is 0 Å². The number of nitrogens with one attached hydrogen (secondary N) is 1. The maximum Gasteiger partial charge on any atom is 0.230 e. The van der Waals surface area contributed by atoms with Crippen LogP contribution in [0.3, 0.4) is 0 Å². The van der Waals surface area contributed by atoms with Crippen molar-refractivity contribution in [2.45, 2.75) is 12.3 Å². The molecule has 0 aliphatic heterocycles. The molecule has 1 heterocycles. The van der Waals surface area contributed by atoms with Crippen LogP contribution in [0.4, 0.5) is 4.39 Å². The summed E-state index contributed by atoms with van der Waals surface area (Å²) in [6.45, 7) is 0.395. The third-order valence-corrected chi connectivity index (χ3v) is 3.43. The van der Waals surface area contributed by atoms with Gasteiger partial charge in [0.05, 0.1) is 18.6 Å². The zero-order valence-corrected chi connectivity index (χ0v) is 11.1. The predicted molar refractivity (Wildman–Crippen MR) is 73.1 cm³/mol. The molecule has 3 nitrogen and oxygen atoms in total. The Labute approximate surface area is 115 Å². The Kier molecular flexibility index (Phi) is 5.03. The van der Waals surface area contributed by atoms with Crippen LogP contribution in [0.25, 0.3) is 0 Å². The minimum Gasteiger partial charge on any atom is -0.467 e. The van der Waals surface area contributed by atoms with Crippen molar-refractivity contribution in [2.24, 2.45) is 0 Å². The van der Waals surface area contributed by atoms with E-state index in [9.17, 15) is 9.18 Å². The molecule has 0 saturated heterocycles. The molecule has 1 aromatic carbocycles. The standard InChI is InChI=1S/C14H14FNO2S/c15-12-4-1-3-11(7-12)9-19-10-14(17)16-8-13-5-2-6-18-13/h1-7H,8-10H2,(H,16,17). The van der Waals surface area contributed by atoms with Crippen LogP contribution in [0.2, 0.25) is 0 Å². The van der Waals surface area contributed by atoms with Gasteiger partial charge in [-0.2, -0.15) is 0 Å². The van der Waals surface area contributed by atoms with Gasteiger partial charge in [0.15, 0.2) is 0 Å². The van der Waals surface area contributed by atoms with Gasteiger partial charge in [-0.1, -0.05) is 12.1 Å². The Balaban J connectivity index is 1.66. The number of hydrogen-bond acceptors (Lipinski definition) is 3. The third kappa shape index (κ3) is 4.79. The quantitative estimate of drug-likeness (QED) is 0.884. The summed E-state index contributed by atoms with van der Waals surface area (Å²) in [6.07, 6.45) is 1.57. The molecule has 1 amide bonds. The monoisotopic (exact) mass is 279 g/mol. The zero-order chi connectivity index (χ0) is 13.5. The van der Waals surface area contributed by atoms with Crippen LogP contribution in [0, 0.1) is 5.82 Å². The number of hydrogen-bond donors (Lipinski definition) is 1. The van der Waals surface area contributed by atoms with Gasteiger partial charge in [-0.15, -0.1) is 11.8 Å². The average molecular weight is 279 g/mol. The molecule has 0 aliphatic carbocycles. The highest BCUT2D eigenvalue weighted by atomic mass is 32.2. The van der Waals surface area contributed by atoms with E-state index in [0.717, 1.165) is 11.3 Å². The highest BCUT2D eigenvalue weighted by Gasteiger charge is 2.03. The van der Waals surface area contributed by atoms with E-state index in [-0.39, 0.29) is 11.7 Å². The molecule has 0 bridgehead atoms. The maximum atomic E-state index is 12.9. The van der Waals surface area contributed by atoms with E-state index in [1.807, 2.05) is 6.07 Å². The Morgan fingerprint density at radius 2 is 2.21 bits per heavy atom. The first-order chi connectivity index (χ1) is 9.24. The lowest BCUT2D eigenvalue weighted by atomic mass is 10.2. The molecule has 0 saturated carbocycles. The normalized spacial score (nSPS) is 10.4. The van der Waals surface area contributed by atoms with Crippen LogP contribution >= 0.6 is 11.8 Å². The summed E-state index contributed by atoms with van der Waals surface area (Å²) in [5.41, 5.74) is 0.879. The Hall–Kier alpha value is -1.75. The van der Waals surface area contributed by atoms with Crippen molar-refractivity contribution in [2.75, 3.05) is 5.75 Å². The second-order valence-corrected chi connectivity index (χ2v) is 4.96. The van der Waals surface area contributed by atoms with E-state index in [2.05, 4.69) is 5.32 Å². The molecular formula is C14H14FNO2S. The van der Waals surface area contributed by atoms with Gasteiger partial charge in [0.2, 0.25) is 5.91 Å². The van der Waals surface area contributed by atoms with Crippen molar-refractivity contribution in [3.05, 3.63) is 59.8 Å². The lowest BCUT2D eigenvalue weighted by Gasteiger charge is -2.04. The van der Waals surface area contributed by atoms with E-state index in [0.29, 0.717) is 18.1 Å². The van der Waals surface area contributed by atoms with Gasteiger partial charge in [-0.25, -0.2) is 4.39 Å². The van der Waals surface area contributed by atoms with Crippen LogP contribution in [-0.4, -0.2) is 11.7 Å². The number of rotatable bonds is 6. The molecular weight excluding hydrogens is 265 g/mol. The number of furan rings is 1. The smallest absolute Gasteiger partial charge is 0.230 e. The van der Waals surface area contributed by atoms with Crippen molar-refractivity contribution in [1.82, 2.24) is 5.32 Å². The van der Waals surface area contributed by atoms with Gasteiger partial charge in [0.25, 0.3) is 0 Å². The molecule has 0 radical (unpaired) electrons. The molecule has 100 valence electrons. The van der Waals surface area contributed by atoms with Gasteiger partial charge in [-0.05, 0) is 29.8 Å². The van der Waals surface area contributed by atoms with Crippen LogP contribution < -0.4 is 5.32 Å². The summed E-state index contributed by atoms with van der Waals surface area (Å²) in [4.78, 5) is 11.5. The molecule has 0 spiro atoms. The van der Waals surface area contributed by atoms with E-state index in [4.69, 9.17) is 4.42 Å². The fraction of sp³-hybridized carbons (Fsp3) is 0.214. The number of carbonyl (C=O) groups excluding carboxylic acids is 1. The van der Waals surface area contributed by atoms with Gasteiger partial charge < -0.3 is 9.73 Å². The van der Waals surface area contributed by atoms with E-state index >= 15 is 0 Å². The summed E-state index contributed by atoms with van der Waals surface area (Å²) < 4.78 is 18.0. The molecule has 2 rings (SSSR count). The van der Waals surface area contributed by atoms with Crippen LogP contribution in [0.15, 0.2) is 47.1 Å². The second kappa shape index (κ2) is 6.99. The fourth-order valence-electron chi connectivity index (χ4n) is 1.54. The largest absolute Gasteiger partial charge is 0.467 e. The molecule has 0 unspecified atom stereocenters. The lowest BCUT2D eigenvalue weighted by Crippen LogP contribution is -2.24. The average Bonchev–Trinajstić information content (AvgIpc) is 2.89. The van der Waals surface area contributed by atoms with Crippen molar-refractivity contribution < 1.29 is 13.6 Å². The Bertz CT molecular complexity index is 528. The summed E-state index contributed by atoms with van der Waals surface area (Å²) in [6, 6.07) is 9.98. The number of benzene rings is 1. The first kappa shape index (κ1) is 13.7. The summed E-state index contributed by atoms with van der Waals surface area (Å²) in [7, 11) is 0. The number of carbonyl (C=O) groups is 1. The maximum absolute atomic E-state index is 12.9. The zero-order valence-electron chi connectivity index (χ0n) is 10.3. The molecule has 1 N–H and O–H groups in total. The molecule has 1 aromatic heterocycles. The first-order valence-corrected chi connectivity index (χ1v) is 7.01. The van der Waals surface area contributed by atoms with E-state index in [1.54, 1.807) is 24.5 Å². The topological polar surface area (TPSA) is 42.2 Å². The van der Waals surface area contributed by atoms with Gasteiger partial charge in [-0.3, -0.25) is 4.79 Å². The molecule has 19 heavy (non-hydrogen) atoms. The van der Waals surface area contributed by atoms with E-state index in [1.165, 1.54) is 23.9 Å². The number of halogens is 1. The second-order valence-electron chi connectivity index (χ2n) is 3.98. The molecule has 5 heteroatoms. The summed E-state index contributed by atoms with van der Waals surface area (Å²) in [5, 5.41) is 2.76. The predicted octanol–water partition coefficient (Wildman–Crippen LogP) is 2.97. The fourth-order valence-corrected chi connectivity index (χ4v) is 2.34. The van der Waals surface area contributed by atoms with Crippen molar-refractivity contribution in [3.8, 4) is 0 Å². The van der Waals surface area contributed by atoms with Crippen LogP contribution in [0.5, 0.6) is 0 Å². The van der Waals surface area contributed by atoms with Gasteiger partial charge in [0.1, 0.15) is 11.6 Å². The minimum atomic E-state index is -0.250. The first-order valence-electron chi connectivity index (χ1n) is 5.85. The van der Waals surface area contributed by atoms with Crippen molar-refractivity contribution in [3.63, 3.8) is 0 Å². The number of amides is 1. The third-order valence-electron chi connectivity index (χ3n) is 2.43. The molecule has 2 aromatic rings. The Morgan fingerprint density at radius 3 is 2.95 bits per heavy atom. The highest BCUT2D eigenvalue weighted by molar-refractivity contribution is 7.99. The van der Waals surface area contributed by atoms with Gasteiger partial charge in [0, 0.05) is 5.75 Å². The molecule has 0 atom stereocenters. The Morgan fingerprint density at radius 1 is 1.32 bits per heavy atom. The highest BCUT2D eigenvalue weighted by Crippen LogP contribution is 2.13. The van der Waals surface area contributed by atoms with E-state index < -0.39 is 0 Å². The molecule has 0 aliphatic rings. The SMILES string of the molecule is O=C(CSCc1cccc(F)c1)NCc1ccco1. The minimum absolute atomic E-state index is 0.0576. The van der Waals surface area contributed by atoms with Crippen molar-refractivity contribution in [1.29, 1.82) is 0 Å². The van der Waals surface area contributed by atoms with Crippen LogP contribution in [0.1, 0.15) is 11.3 Å². The summed E-state index contributed by atoms with van der Waals surface area (Å²) >= 11 is 1.45. The number of thioether (sulfide) groups is 1. The molecule has 0 fully saturated rings. The lowest BCUT2D eigenvalue weighted by molar-refractivity contribution is -0.118. The van der Waals surface area contributed by atoms with Crippen LogP contribution in [-0.2, 0) is 17.1 Å². The van der Waals surface area contributed by atoms with Crippen molar-refractivity contribution >= 4 is 17.7 Å².